The van der Waals surface area contributed by atoms with Crippen molar-refractivity contribution in [2.45, 2.75) is 32.3 Å². The van der Waals surface area contributed by atoms with Crippen molar-refractivity contribution in [3.05, 3.63) is 71.0 Å². The summed E-state index contributed by atoms with van der Waals surface area (Å²) < 4.78 is 83.0. The van der Waals surface area contributed by atoms with E-state index in [1.165, 1.54) is 0 Å². The third kappa shape index (κ3) is 6.26. The van der Waals surface area contributed by atoms with Gasteiger partial charge in [-0.2, -0.15) is 26.3 Å². The normalized spacial score (nSPS) is 13.9. The Morgan fingerprint density at radius 2 is 1.73 bits per heavy atom. The van der Waals surface area contributed by atoms with Crippen molar-refractivity contribution in [3.63, 3.8) is 0 Å². The van der Waals surface area contributed by atoms with Crippen LogP contribution in [-0.4, -0.2) is 34.5 Å². The Morgan fingerprint density at radius 1 is 1.00 bits per heavy atom. The number of aliphatic hydroxyl groups excluding tert-OH is 1. The van der Waals surface area contributed by atoms with Gasteiger partial charge >= 0.3 is 12.4 Å². The number of rotatable bonds is 5. The maximum atomic E-state index is 13.5. The van der Waals surface area contributed by atoms with Crippen molar-refractivity contribution < 1.29 is 41.0 Å². The number of amides is 1. The van der Waals surface area contributed by atoms with Gasteiger partial charge in [0.1, 0.15) is 5.75 Å². The van der Waals surface area contributed by atoms with Gasteiger partial charge in [-0.25, -0.2) is 4.99 Å². The average Bonchev–Trinajstić information content (AvgIpc) is 2.98. The van der Waals surface area contributed by atoms with Gasteiger partial charge < -0.3 is 15.2 Å². The number of carbonyl (C=O) groups excluding carboxylic acids is 1. The van der Waals surface area contributed by atoms with E-state index in [-0.39, 0.29) is 30.1 Å². The molecule has 0 saturated heterocycles. The summed E-state index contributed by atoms with van der Waals surface area (Å²) in [5.74, 6) is -1.71. The number of alkyl halides is 6. The van der Waals surface area contributed by atoms with Crippen LogP contribution in [0.4, 0.5) is 37.7 Å². The molecule has 2 aromatic carbocycles. The van der Waals surface area contributed by atoms with Crippen molar-refractivity contribution in [2.75, 3.05) is 11.9 Å². The van der Waals surface area contributed by atoms with Gasteiger partial charge in [-0.15, -0.1) is 0 Å². The average molecular weight is 523 g/mol. The van der Waals surface area contributed by atoms with E-state index in [1.54, 1.807) is 43.3 Å². The lowest BCUT2D eigenvalue weighted by molar-refractivity contribution is -0.158. The molecule has 37 heavy (non-hydrogen) atoms. The molecule has 0 bridgehead atoms. The van der Waals surface area contributed by atoms with E-state index in [2.05, 4.69) is 20.0 Å². The summed E-state index contributed by atoms with van der Waals surface area (Å²) in [5, 5.41) is 11.8. The number of benzene rings is 2. The maximum absolute atomic E-state index is 13.5. The zero-order valence-electron chi connectivity index (χ0n) is 19.2. The Labute approximate surface area is 206 Å². The lowest BCUT2D eigenvalue weighted by atomic mass is 9.99. The minimum absolute atomic E-state index is 0.182. The van der Waals surface area contributed by atoms with Crippen LogP contribution in [0.25, 0.3) is 11.1 Å². The second-order valence-corrected chi connectivity index (χ2v) is 8.28. The zero-order chi connectivity index (χ0) is 27.0. The molecule has 12 heteroatoms. The molecule has 1 aliphatic rings. The molecule has 1 amide bonds. The lowest BCUT2D eigenvalue weighted by Crippen LogP contribution is -2.21. The molecular weight excluding hydrogens is 504 g/mol. The summed E-state index contributed by atoms with van der Waals surface area (Å²) >= 11 is 0. The fourth-order valence-electron chi connectivity index (χ4n) is 3.82. The molecule has 0 saturated carbocycles. The standard InChI is InChI=1S/C25H19F6N3O3/c1-13-5-16(7-17(11-35)32-13)14-3-2-4-15(6-14)19-10-23(36)34-20-8-18(25(29,30)31)22(9-21(20)33-19)37-12-24(26,27)28/h2-9,35H,10-12H2,1H3,(H,34,36). The summed E-state index contributed by atoms with van der Waals surface area (Å²) in [6, 6.07) is 11.5. The highest BCUT2D eigenvalue weighted by molar-refractivity contribution is 6.17. The SMILES string of the molecule is Cc1cc(-c2cccc(C3=Nc4cc(OCC(F)(F)F)c(C(F)(F)F)cc4NC(=O)C3)c2)cc(CO)n1. The van der Waals surface area contributed by atoms with Gasteiger partial charge in [-0.1, -0.05) is 18.2 Å². The van der Waals surface area contributed by atoms with Crippen LogP contribution >= 0.6 is 0 Å². The molecule has 1 aromatic heterocycles. The van der Waals surface area contributed by atoms with Crippen LogP contribution in [0.3, 0.4) is 0 Å². The first-order valence-corrected chi connectivity index (χ1v) is 10.8. The number of halogens is 6. The van der Waals surface area contributed by atoms with E-state index in [0.29, 0.717) is 28.6 Å². The quantitative estimate of drug-likeness (QED) is 0.404. The molecule has 0 spiro atoms. The summed E-state index contributed by atoms with van der Waals surface area (Å²) in [6.45, 7) is -0.436. The van der Waals surface area contributed by atoms with Crippen LogP contribution in [0.2, 0.25) is 0 Å². The summed E-state index contributed by atoms with van der Waals surface area (Å²) in [5.41, 5.74) is 1.25. The number of pyridine rings is 1. The monoisotopic (exact) mass is 523 g/mol. The number of aryl methyl sites for hydroxylation is 1. The van der Waals surface area contributed by atoms with Crippen LogP contribution in [-0.2, 0) is 17.6 Å². The van der Waals surface area contributed by atoms with Crippen LogP contribution in [0.1, 0.15) is 28.9 Å². The van der Waals surface area contributed by atoms with Crippen molar-refractivity contribution in [1.29, 1.82) is 0 Å². The summed E-state index contributed by atoms with van der Waals surface area (Å²) in [7, 11) is 0. The van der Waals surface area contributed by atoms with E-state index in [0.717, 1.165) is 11.6 Å². The molecule has 0 unspecified atom stereocenters. The van der Waals surface area contributed by atoms with Gasteiger partial charge in [-0.3, -0.25) is 9.78 Å². The van der Waals surface area contributed by atoms with Crippen molar-refractivity contribution in [3.8, 4) is 16.9 Å². The third-order valence-corrected chi connectivity index (χ3v) is 5.35. The predicted molar refractivity (Wildman–Crippen MR) is 123 cm³/mol. The number of hydrogen-bond acceptors (Lipinski definition) is 5. The van der Waals surface area contributed by atoms with Gasteiger partial charge in [0.25, 0.3) is 0 Å². The molecule has 6 nitrogen and oxygen atoms in total. The fourth-order valence-corrected chi connectivity index (χ4v) is 3.82. The highest BCUT2D eigenvalue weighted by Crippen LogP contribution is 2.43. The highest BCUT2D eigenvalue weighted by Gasteiger charge is 2.38. The summed E-state index contributed by atoms with van der Waals surface area (Å²) in [6.07, 6.45) is -10.2. The number of hydrogen-bond donors (Lipinski definition) is 2. The number of aromatic nitrogens is 1. The number of anilines is 1. The van der Waals surface area contributed by atoms with Crippen molar-refractivity contribution >= 4 is 23.0 Å². The molecule has 2 heterocycles. The Hall–Kier alpha value is -3.93. The largest absolute Gasteiger partial charge is 0.483 e. The number of nitrogens with one attached hydrogen (secondary N) is 1. The highest BCUT2D eigenvalue weighted by atomic mass is 19.4. The maximum Gasteiger partial charge on any atom is 0.422 e. The first-order chi connectivity index (χ1) is 17.3. The van der Waals surface area contributed by atoms with E-state index in [9.17, 15) is 36.2 Å². The van der Waals surface area contributed by atoms with E-state index < -0.39 is 36.2 Å². The molecule has 1 aliphatic heterocycles. The van der Waals surface area contributed by atoms with Gasteiger partial charge in [0.15, 0.2) is 6.61 Å². The Morgan fingerprint density at radius 3 is 2.41 bits per heavy atom. The van der Waals surface area contributed by atoms with Crippen molar-refractivity contribution in [1.82, 2.24) is 4.98 Å². The minimum Gasteiger partial charge on any atom is -0.483 e. The van der Waals surface area contributed by atoms with E-state index in [4.69, 9.17) is 0 Å². The fraction of sp³-hybridized carbons (Fsp3) is 0.240. The second kappa shape index (κ2) is 9.85. The first-order valence-electron chi connectivity index (χ1n) is 10.8. The van der Waals surface area contributed by atoms with Crippen LogP contribution < -0.4 is 10.1 Å². The summed E-state index contributed by atoms with van der Waals surface area (Å²) in [4.78, 5) is 21.1. The zero-order valence-corrected chi connectivity index (χ0v) is 19.2. The minimum atomic E-state index is -5.04. The number of carbonyl (C=O) groups is 1. The van der Waals surface area contributed by atoms with Gasteiger partial charge in [0.2, 0.25) is 5.91 Å². The Kier molecular flexibility index (Phi) is 6.96. The first kappa shape index (κ1) is 26.1. The number of aliphatic hydroxyl groups is 1. The molecule has 0 aliphatic carbocycles. The molecule has 194 valence electrons. The number of aliphatic imine (C=N–C) groups is 1. The topological polar surface area (TPSA) is 83.8 Å². The van der Waals surface area contributed by atoms with Crippen molar-refractivity contribution in [2.24, 2.45) is 4.99 Å². The smallest absolute Gasteiger partial charge is 0.422 e. The molecule has 0 fully saturated rings. The van der Waals surface area contributed by atoms with E-state index >= 15 is 0 Å². The molecule has 2 N–H and O–H groups in total. The van der Waals surface area contributed by atoms with Gasteiger partial charge in [0.05, 0.1) is 41.4 Å². The Balaban J connectivity index is 1.79. The lowest BCUT2D eigenvalue weighted by Gasteiger charge is -2.17. The second-order valence-electron chi connectivity index (χ2n) is 8.28. The van der Waals surface area contributed by atoms with Gasteiger partial charge in [0, 0.05) is 11.8 Å². The number of nitrogens with zero attached hydrogens (tertiary/aromatic N) is 2. The van der Waals surface area contributed by atoms with Gasteiger partial charge in [-0.05, 0) is 47.9 Å². The van der Waals surface area contributed by atoms with Crippen LogP contribution in [0.5, 0.6) is 5.75 Å². The molecular formula is C25H19F6N3O3. The molecule has 3 aromatic rings. The number of fused-ring (bicyclic) bond motifs is 1. The predicted octanol–water partition coefficient (Wildman–Crippen LogP) is 5.97. The Bertz CT molecular complexity index is 1380. The van der Waals surface area contributed by atoms with Crippen LogP contribution in [0, 0.1) is 6.92 Å². The van der Waals surface area contributed by atoms with Crippen LogP contribution in [0.15, 0.2) is 53.5 Å². The third-order valence-electron chi connectivity index (χ3n) is 5.35. The molecule has 0 radical (unpaired) electrons. The molecule has 0 atom stereocenters. The number of ether oxygens (including phenoxy) is 1. The van der Waals surface area contributed by atoms with E-state index in [1.807, 2.05) is 0 Å². The molecule has 4 rings (SSSR count).